The van der Waals surface area contributed by atoms with E-state index in [2.05, 4.69) is 26.0 Å². The SMILES string of the molecule is CC(CN)C(=O)N(C)c1cccc(C(C)C)c1. The van der Waals surface area contributed by atoms with Crippen LogP contribution in [-0.2, 0) is 4.79 Å². The lowest BCUT2D eigenvalue weighted by atomic mass is 10.0. The van der Waals surface area contributed by atoms with Gasteiger partial charge in [-0.2, -0.15) is 0 Å². The summed E-state index contributed by atoms with van der Waals surface area (Å²) >= 11 is 0. The zero-order chi connectivity index (χ0) is 13.0. The van der Waals surface area contributed by atoms with Crippen molar-refractivity contribution < 1.29 is 4.79 Å². The van der Waals surface area contributed by atoms with E-state index < -0.39 is 0 Å². The van der Waals surface area contributed by atoms with E-state index in [1.54, 1.807) is 11.9 Å². The summed E-state index contributed by atoms with van der Waals surface area (Å²) in [5, 5.41) is 0. The summed E-state index contributed by atoms with van der Waals surface area (Å²) in [5.41, 5.74) is 7.69. The summed E-state index contributed by atoms with van der Waals surface area (Å²) in [5.74, 6) is 0.390. The molecular formula is C14H22N2O. The van der Waals surface area contributed by atoms with Gasteiger partial charge in [-0.3, -0.25) is 4.79 Å². The number of hydrogen-bond acceptors (Lipinski definition) is 2. The van der Waals surface area contributed by atoms with Gasteiger partial charge in [0.2, 0.25) is 5.91 Å². The van der Waals surface area contributed by atoms with E-state index in [0.717, 1.165) is 5.69 Å². The summed E-state index contributed by atoms with van der Waals surface area (Å²) in [4.78, 5) is 13.7. The number of carbonyl (C=O) groups excluding carboxylic acids is 1. The Hall–Kier alpha value is -1.35. The van der Waals surface area contributed by atoms with Crippen LogP contribution in [0.1, 0.15) is 32.3 Å². The smallest absolute Gasteiger partial charge is 0.230 e. The van der Waals surface area contributed by atoms with E-state index in [1.807, 2.05) is 19.1 Å². The number of amides is 1. The van der Waals surface area contributed by atoms with Crippen LogP contribution in [0.2, 0.25) is 0 Å². The molecule has 1 atom stereocenters. The van der Waals surface area contributed by atoms with Gasteiger partial charge < -0.3 is 10.6 Å². The molecule has 0 aromatic heterocycles. The molecule has 1 amide bonds. The lowest BCUT2D eigenvalue weighted by Crippen LogP contribution is -2.35. The Morgan fingerprint density at radius 1 is 1.35 bits per heavy atom. The number of hydrogen-bond donors (Lipinski definition) is 1. The van der Waals surface area contributed by atoms with Gasteiger partial charge in [-0.05, 0) is 23.6 Å². The monoisotopic (exact) mass is 234 g/mol. The van der Waals surface area contributed by atoms with Crippen molar-refractivity contribution in [1.29, 1.82) is 0 Å². The minimum Gasteiger partial charge on any atom is -0.330 e. The maximum Gasteiger partial charge on any atom is 0.230 e. The Kier molecular flexibility index (Phi) is 4.70. The maximum atomic E-state index is 12.0. The Morgan fingerprint density at radius 3 is 2.53 bits per heavy atom. The second kappa shape index (κ2) is 5.82. The lowest BCUT2D eigenvalue weighted by molar-refractivity contribution is -0.121. The van der Waals surface area contributed by atoms with Gasteiger partial charge in [0.15, 0.2) is 0 Å². The summed E-state index contributed by atoms with van der Waals surface area (Å²) < 4.78 is 0. The topological polar surface area (TPSA) is 46.3 Å². The lowest BCUT2D eigenvalue weighted by Gasteiger charge is -2.21. The molecule has 0 heterocycles. The molecule has 0 saturated heterocycles. The standard InChI is InChI=1S/C14H22N2O/c1-10(2)12-6-5-7-13(8-12)16(4)14(17)11(3)9-15/h5-8,10-11H,9,15H2,1-4H3. The fourth-order valence-corrected chi connectivity index (χ4v) is 1.65. The van der Waals surface area contributed by atoms with E-state index in [1.165, 1.54) is 5.56 Å². The molecule has 0 saturated carbocycles. The molecule has 17 heavy (non-hydrogen) atoms. The normalized spacial score (nSPS) is 12.6. The summed E-state index contributed by atoms with van der Waals surface area (Å²) in [6, 6.07) is 8.08. The van der Waals surface area contributed by atoms with Crippen molar-refractivity contribution >= 4 is 11.6 Å². The van der Waals surface area contributed by atoms with Crippen LogP contribution in [0.4, 0.5) is 5.69 Å². The Labute approximate surface area is 104 Å². The van der Waals surface area contributed by atoms with Gasteiger partial charge in [0.25, 0.3) is 0 Å². The van der Waals surface area contributed by atoms with Crippen LogP contribution in [0.25, 0.3) is 0 Å². The maximum absolute atomic E-state index is 12.0. The van der Waals surface area contributed by atoms with Crippen LogP contribution in [0.15, 0.2) is 24.3 Å². The zero-order valence-electron chi connectivity index (χ0n) is 11.1. The molecule has 0 aliphatic heterocycles. The molecule has 1 aromatic rings. The van der Waals surface area contributed by atoms with Gasteiger partial charge >= 0.3 is 0 Å². The predicted octanol–water partition coefficient (Wildman–Crippen LogP) is 2.37. The molecule has 0 aliphatic carbocycles. The van der Waals surface area contributed by atoms with Crippen molar-refractivity contribution in [2.45, 2.75) is 26.7 Å². The number of carbonyl (C=O) groups is 1. The van der Waals surface area contributed by atoms with Crippen molar-refractivity contribution in [3.63, 3.8) is 0 Å². The van der Waals surface area contributed by atoms with Crippen molar-refractivity contribution in [1.82, 2.24) is 0 Å². The second-order valence-corrected chi connectivity index (χ2v) is 4.78. The van der Waals surface area contributed by atoms with Gasteiger partial charge in [0.1, 0.15) is 0 Å². The molecule has 1 aromatic carbocycles. The molecule has 1 rings (SSSR count). The van der Waals surface area contributed by atoms with Crippen molar-refractivity contribution in [2.24, 2.45) is 11.7 Å². The van der Waals surface area contributed by atoms with Gasteiger partial charge in [-0.1, -0.05) is 32.9 Å². The van der Waals surface area contributed by atoms with Crippen LogP contribution in [0, 0.1) is 5.92 Å². The summed E-state index contributed by atoms with van der Waals surface area (Å²) in [7, 11) is 1.80. The summed E-state index contributed by atoms with van der Waals surface area (Å²) in [6.45, 7) is 6.52. The molecule has 0 fully saturated rings. The first-order chi connectivity index (χ1) is 7.97. The quantitative estimate of drug-likeness (QED) is 0.869. The third-order valence-electron chi connectivity index (χ3n) is 3.03. The molecule has 0 aliphatic rings. The van der Waals surface area contributed by atoms with E-state index >= 15 is 0 Å². The van der Waals surface area contributed by atoms with E-state index in [-0.39, 0.29) is 11.8 Å². The number of rotatable bonds is 4. The molecular weight excluding hydrogens is 212 g/mol. The average Bonchev–Trinajstić information content (AvgIpc) is 2.36. The highest BCUT2D eigenvalue weighted by atomic mass is 16.2. The number of nitrogens with zero attached hydrogens (tertiary/aromatic N) is 1. The van der Waals surface area contributed by atoms with Crippen LogP contribution >= 0.6 is 0 Å². The molecule has 3 heteroatoms. The van der Waals surface area contributed by atoms with Crippen LogP contribution in [-0.4, -0.2) is 19.5 Å². The minimum absolute atomic E-state index is 0.0633. The number of benzene rings is 1. The fourth-order valence-electron chi connectivity index (χ4n) is 1.65. The molecule has 0 bridgehead atoms. The average molecular weight is 234 g/mol. The fraction of sp³-hybridized carbons (Fsp3) is 0.500. The highest BCUT2D eigenvalue weighted by Crippen LogP contribution is 2.21. The van der Waals surface area contributed by atoms with Gasteiger partial charge in [0.05, 0.1) is 0 Å². The van der Waals surface area contributed by atoms with Gasteiger partial charge in [-0.15, -0.1) is 0 Å². The third-order valence-corrected chi connectivity index (χ3v) is 3.03. The molecule has 1 unspecified atom stereocenters. The Balaban J connectivity index is 2.92. The first-order valence-corrected chi connectivity index (χ1v) is 6.05. The molecule has 0 radical (unpaired) electrons. The zero-order valence-corrected chi connectivity index (χ0v) is 11.1. The Morgan fingerprint density at radius 2 is 2.00 bits per heavy atom. The van der Waals surface area contributed by atoms with Crippen LogP contribution in [0.3, 0.4) is 0 Å². The van der Waals surface area contributed by atoms with Gasteiger partial charge in [-0.25, -0.2) is 0 Å². The molecule has 3 nitrogen and oxygen atoms in total. The minimum atomic E-state index is -0.136. The van der Waals surface area contributed by atoms with Crippen LogP contribution in [0.5, 0.6) is 0 Å². The largest absolute Gasteiger partial charge is 0.330 e. The Bertz CT molecular complexity index is 388. The van der Waals surface area contributed by atoms with Gasteiger partial charge in [0, 0.05) is 25.2 Å². The highest BCUT2D eigenvalue weighted by molar-refractivity contribution is 5.94. The number of nitrogens with two attached hydrogens (primary N) is 1. The van der Waals surface area contributed by atoms with E-state index in [9.17, 15) is 4.79 Å². The summed E-state index contributed by atoms with van der Waals surface area (Å²) in [6.07, 6.45) is 0. The number of anilines is 1. The van der Waals surface area contributed by atoms with Crippen molar-refractivity contribution in [3.05, 3.63) is 29.8 Å². The van der Waals surface area contributed by atoms with Crippen molar-refractivity contribution in [2.75, 3.05) is 18.5 Å². The predicted molar refractivity (Wildman–Crippen MR) is 72.2 cm³/mol. The molecule has 0 spiro atoms. The molecule has 94 valence electrons. The third kappa shape index (κ3) is 3.30. The van der Waals surface area contributed by atoms with E-state index in [0.29, 0.717) is 12.5 Å². The van der Waals surface area contributed by atoms with E-state index in [4.69, 9.17) is 5.73 Å². The second-order valence-electron chi connectivity index (χ2n) is 4.78. The molecule has 2 N–H and O–H groups in total. The first-order valence-electron chi connectivity index (χ1n) is 6.05. The highest BCUT2D eigenvalue weighted by Gasteiger charge is 2.17. The first kappa shape index (κ1) is 13.7. The van der Waals surface area contributed by atoms with Crippen molar-refractivity contribution in [3.8, 4) is 0 Å². The van der Waals surface area contributed by atoms with Crippen LogP contribution < -0.4 is 10.6 Å².